The van der Waals surface area contributed by atoms with Gasteiger partial charge in [0.2, 0.25) is 0 Å². The number of hydrogen-bond acceptors (Lipinski definition) is 2. The minimum atomic E-state index is -0.733. The highest BCUT2D eigenvalue weighted by Crippen LogP contribution is 2.71. The van der Waals surface area contributed by atoms with E-state index in [0.29, 0.717) is 5.92 Å². The molecule has 2 nitrogen and oxygen atoms in total. The molecule has 1 aromatic rings. The molecular weight excluding hydrogens is 222 g/mol. The average Bonchev–Trinajstić information content (AvgIpc) is 2.78. The Labute approximate surface area is 109 Å². The van der Waals surface area contributed by atoms with E-state index in [1.807, 2.05) is 19.2 Å². The van der Waals surface area contributed by atoms with Crippen LogP contribution >= 0.6 is 0 Å². The smallest absolute Gasteiger partial charge is 0.102 e. The van der Waals surface area contributed by atoms with Crippen LogP contribution in [0.1, 0.15) is 51.3 Å². The molecule has 1 N–H and O–H groups in total. The molecule has 0 aromatic carbocycles. The van der Waals surface area contributed by atoms with Gasteiger partial charge in [0.15, 0.2) is 0 Å². The van der Waals surface area contributed by atoms with Crippen molar-refractivity contribution in [2.45, 2.75) is 52.6 Å². The average molecular weight is 245 g/mol. The van der Waals surface area contributed by atoms with Gasteiger partial charge in [-0.3, -0.25) is 4.98 Å². The van der Waals surface area contributed by atoms with E-state index in [1.54, 1.807) is 0 Å². The van der Waals surface area contributed by atoms with Crippen molar-refractivity contribution in [1.82, 2.24) is 4.98 Å². The Kier molecular flexibility index (Phi) is 2.27. The summed E-state index contributed by atoms with van der Waals surface area (Å²) in [5, 5.41) is 11.5. The minimum absolute atomic E-state index is 0.0120. The van der Waals surface area contributed by atoms with Gasteiger partial charge in [-0.2, -0.15) is 0 Å². The lowest BCUT2D eigenvalue weighted by molar-refractivity contribution is -0.151. The highest BCUT2D eigenvalue weighted by Gasteiger charge is 2.69. The van der Waals surface area contributed by atoms with E-state index in [2.05, 4.69) is 31.8 Å². The van der Waals surface area contributed by atoms with E-state index < -0.39 is 5.60 Å². The summed E-state index contributed by atoms with van der Waals surface area (Å²) in [6.07, 6.45) is 5.41. The summed E-state index contributed by atoms with van der Waals surface area (Å²) < 4.78 is 0. The predicted octanol–water partition coefficient (Wildman–Crippen LogP) is 3.42. The second-order valence-electron chi connectivity index (χ2n) is 7.12. The lowest BCUT2D eigenvalue weighted by Crippen LogP contribution is -2.51. The van der Waals surface area contributed by atoms with E-state index in [0.717, 1.165) is 24.1 Å². The van der Waals surface area contributed by atoms with Crippen LogP contribution in [0.15, 0.2) is 18.3 Å². The van der Waals surface area contributed by atoms with Crippen molar-refractivity contribution in [3.8, 4) is 0 Å². The fraction of sp³-hybridized carbons (Fsp3) is 0.688. The summed E-state index contributed by atoms with van der Waals surface area (Å²) in [6, 6.07) is 4.08. The first-order valence-electron chi connectivity index (χ1n) is 6.97. The van der Waals surface area contributed by atoms with Crippen LogP contribution in [0.25, 0.3) is 0 Å². The summed E-state index contributed by atoms with van der Waals surface area (Å²) in [5.41, 5.74) is 1.23. The number of aliphatic hydroxyl groups is 1. The SMILES string of the molecule is Cc1ccc(C2(O)C3(C)CCC(C3)C2(C)C)cn1. The standard InChI is InChI=1S/C16H23NO/c1-11-5-6-13(10-17-11)16(18)14(2,3)12-7-8-15(16,4)9-12/h5-6,10,12,18H,7-9H2,1-4H3. The van der Waals surface area contributed by atoms with Crippen molar-refractivity contribution in [3.05, 3.63) is 29.6 Å². The van der Waals surface area contributed by atoms with Gasteiger partial charge in [-0.1, -0.05) is 26.8 Å². The molecule has 2 aliphatic carbocycles. The number of aromatic nitrogens is 1. The van der Waals surface area contributed by atoms with Gasteiger partial charge in [0.1, 0.15) is 5.60 Å². The third-order valence-electron chi connectivity index (χ3n) is 5.90. The molecule has 0 saturated heterocycles. The van der Waals surface area contributed by atoms with Crippen molar-refractivity contribution in [1.29, 1.82) is 0 Å². The van der Waals surface area contributed by atoms with Crippen LogP contribution in [0.4, 0.5) is 0 Å². The van der Waals surface area contributed by atoms with Crippen LogP contribution < -0.4 is 0 Å². The Hall–Kier alpha value is -0.890. The normalized spacial score (nSPS) is 41.3. The van der Waals surface area contributed by atoms with Gasteiger partial charge in [-0.05, 0) is 38.2 Å². The van der Waals surface area contributed by atoms with Gasteiger partial charge < -0.3 is 5.11 Å². The first-order valence-corrected chi connectivity index (χ1v) is 6.97. The van der Waals surface area contributed by atoms with Gasteiger partial charge in [-0.25, -0.2) is 0 Å². The van der Waals surface area contributed by atoms with Crippen LogP contribution in [-0.4, -0.2) is 10.1 Å². The fourth-order valence-corrected chi connectivity index (χ4v) is 4.66. The van der Waals surface area contributed by atoms with Crippen LogP contribution in [-0.2, 0) is 5.60 Å². The predicted molar refractivity (Wildman–Crippen MR) is 72.1 cm³/mol. The Bertz CT molecular complexity index is 472. The van der Waals surface area contributed by atoms with Crippen molar-refractivity contribution in [3.63, 3.8) is 0 Å². The molecular formula is C16H23NO. The summed E-state index contributed by atoms with van der Waals surface area (Å²) >= 11 is 0. The number of aryl methyl sites for hydroxylation is 1. The lowest BCUT2D eigenvalue weighted by atomic mass is 9.58. The maximum atomic E-state index is 11.5. The van der Waals surface area contributed by atoms with E-state index in [1.165, 1.54) is 6.42 Å². The zero-order chi connectivity index (χ0) is 13.2. The second-order valence-corrected chi connectivity index (χ2v) is 7.12. The molecule has 18 heavy (non-hydrogen) atoms. The first kappa shape index (κ1) is 12.2. The van der Waals surface area contributed by atoms with Crippen LogP contribution in [0, 0.1) is 23.7 Å². The van der Waals surface area contributed by atoms with E-state index in [9.17, 15) is 5.11 Å². The number of fused-ring (bicyclic) bond motifs is 2. The number of rotatable bonds is 1. The fourth-order valence-electron chi connectivity index (χ4n) is 4.66. The van der Waals surface area contributed by atoms with E-state index in [4.69, 9.17) is 0 Å². The molecule has 2 bridgehead atoms. The maximum Gasteiger partial charge on any atom is 0.102 e. The first-order chi connectivity index (χ1) is 8.31. The quantitative estimate of drug-likeness (QED) is 0.822. The van der Waals surface area contributed by atoms with Gasteiger partial charge >= 0.3 is 0 Å². The molecule has 98 valence electrons. The highest BCUT2D eigenvalue weighted by atomic mass is 16.3. The summed E-state index contributed by atoms with van der Waals surface area (Å²) in [7, 11) is 0. The van der Waals surface area contributed by atoms with Crippen molar-refractivity contribution in [2.24, 2.45) is 16.7 Å². The molecule has 0 radical (unpaired) electrons. The van der Waals surface area contributed by atoms with Gasteiger partial charge in [0.25, 0.3) is 0 Å². The Morgan fingerprint density at radius 1 is 1.28 bits per heavy atom. The highest BCUT2D eigenvalue weighted by molar-refractivity contribution is 5.32. The molecule has 3 atom stereocenters. The number of hydrogen-bond donors (Lipinski definition) is 1. The van der Waals surface area contributed by atoms with Crippen molar-refractivity contribution < 1.29 is 5.11 Å². The molecule has 2 fully saturated rings. The summed E-state index contributed by atoms with van der Waals surface area (Å²) in [6.45, 7) is 8.69. The minimum Gasteiger partial charge on any atom is -0.384 e. The molecule has 0 amide bonds. The molecule has 3 rings (SSSR count). The van der Waals surface area contributed by atoms with Gasteiger partial charge in [-0.15, -0.1) is 0 Å². The Balaban J connectivity index is 2.16. The summed E-state index contributed by atoms with van der Waals surface area (Å²) in [5.74, 6) is 0.633. The molecule has 3 unspecified atom stereocenters. The Morgan fingerprint density at radius 2 is 2.00 bits per heavy atom. The topological polar surface area (TPSA) is 33.1 Å². The Morgan fingerprint density at radius 3 is 2.50 bits per heavy atom. The number of pyridine rings is 1. The monoisotopic (exact) mass is 245 g/mol. The third-order valence-corrected chi connectivity index (χ3v) is 5.90. The van der Waals surface area contributed by atoms with Crippen LogP contribution in [0.3, 0.4) is 0 Å². The zero-order valence-corrected chi connectivity index (χ0v) is 11.8. The van der Waals surface area contributed by atoms with E-state index >= 15 is 0 Å². The molecule has 2 aliphatic rings. The maximum absolute atomic E-state index is 11.5. The summed E-state index contributed by atoms with van der Waals surface area (Å²) in [4.78, 5) is 4.39. The molecule has 2 heteroatoms. The molecule has 1 heterocycles. The van der Waals surface area contributed by atoms with Crippen LogP contribution in [0.5, 0.6) is 0 Å². The molecule has 2 saturated carbocycles. The largest absolute Gasteiger partial charge is 0.384 e. The molecule has 0 aliphatic heterocycles. The van der Waals surface area contributed by atoms with Gasteiger partial charge in [0.05, 0.1) is 0 Å². The van der Waals surface area contributed by atoms with Crippen molar-refractivity contribution in [2.75, 3.05) is 0 Å². The lowest BCUT2D eigenvalue weighted by Gasteiger charge is -2.50. The van der Waals surface area contributed by atoms with Crippen LogP contribution in [0.2, 0.25) is 0 Å². The second kappa shape index (κ2) is 3.36. The zero-order valence-electron chi connectivity index (χ0n) is 11.8. The number of nitrogens with zero attached hydrogens (tertiary/aromatic N) is 1. The third kappa shape index (κ3) is 1.20. The van der Waals surface area contributed by atoms with E-state index in [-0.39, 0.29) is 10.8 Å². The molecule has 1 aromatic heterocycles. The van der Waals surface area contributed by atoms with Gasteiger partial charge in [0, 0.05) is 28.3 Å². The van der Waals surface area contributed by atoms with Crippen molar-refractivity contribution >= 4 is 0 Å². The molecule has 0 spiro atoms.